The van der Waals surface area contributed by atoms with Crippen LogP contribution in [0.1, 0.15) is 103 Å². The van der Waals surface area contributed by atoms with Gasteiger partial charge in [0.2, 0.25) is 5.91 Å². The summed E-state index contributed by atoms with van der Waals surface area (Å²) in [7, 11) is 0. The van der Waals surface area contributed by atoms with Crippen molar-refractivity contribution in [2.75, 3.05) is 13.2 Å². The number of hydrogen-bond donors (Lipinski definition) is 2. The zero-order valence-electron chi connectivity index (χ0n) is 14.9. The summed E-state index contributed by atoms with van der Waals surface area (Å²) < 4.78 is 0. The number of aliphatic hydroxyl groups is 1. The number of hydrogen-bond acceptors (Lipinski definition) is 2. The van der Waals surface area contributed by atoms with Gasteiger partial charge in [-0.3, -0.25) is 4.79 Å². The molecule has 1 amide bonds. The molecule has 0 rings (SSSR count). The first kappa shape index (κ1) is 21.4. The van der Waals surface area contributed by atoms with E-state index in [-0.39, 0.29) is 5.91 Å². The summed E-state index contributed by atoms with van der Waals surface area (Å²) in [6.45, 7) is 3.38. The van der Waals surface area contributed by atoms with E-state index in [1.165, 1.54) is 70.6 Å². The summed E-state index contributed by atoms with van der Waals surface area (Å²) in [5, 5.41) is 11.7. The highest BCUT2D eigenvalue weighted by molar-refractivity contribution is 5.75. The van der Waals surface area contributed by atoms with Crippen LogP contribution in [0, 0.1) is 0 Å². The third-order valence-corrected chi connectivity index (χ3v) is 4.16. The van der Waals surface area contributed by atoms with Gasteiger partial charge in [0.15, 0.2) is 0 Å². The largest absolute Gasteiger partial charge is 0.396 e. The molecule has 0 radical (unpaired) electrons. The Labute approximate surface area is 138 Å². The molecule has 22 heavy (non-hydrogen) atoms. The number of unbranched alkanes of at least 4 members (excludes halogenated alkanes) is 12. The Morgan fingerprint density at radius 2 is 1.23 bits per heavy atom. The van der Waals surface area contributed by atoms with Crippen molar-refractivity contribution >= 4 is 5.91 Å². The Morgan fingerprint density at radius 3 is 1.73 bits per heavy atom. The van der Waals surface area contributed by atoms with Crippen LogP contribution in [-0.2, 0) is 4.79 Å². The molecule has 0 atom stereocenters. The first-order valence-electron chi connectivity index (χ1n) is 9.68. The SMILES string of the molecule is CCCCCNC(=O)CCCCCCCCCCCCCO. The van der Waals surface area contributed by atoms with Gasteiger partial charge in [0.05, 0.1) is 0 Å². The molecule has 2 N–H and O–H groups in total. The molecule has 0 spiro atoms. The van der Waals surface area contributed by atoms with Crippen molar-refractivity contribution in [1.29, 1.82) is 0 Å². The van der Waals surface area contributed by atoms with Gasteiger partial charge < -0.3 is 10.4 Å². The minimum atomic E-state index is 0.235. The monoisotopic (exact) mass is 313 g/mol. The van der Waals surface area contributed by atoms with Gasteiger partial charge in [0.1, 0.15) is 0 Å². The Balaban J connectivity index is 3.08. The zero-order valence-corrected chi connectivity index (χ0v) is 14.9. The average Bonchev–Trinajstić information content (AvgIpc) is 2.52. The second-order valence-electron chi connectivity index (χ2n) is 6.42. The van der Waals surface area contributed by atoms with Crippen molar-refractivity contribution in [3.8, 4) is 0 Å². The predicted octanol–water partition coefficient (Wildman–Crippen LogP) is 4.97. The van der Waals surface area contributed by atoms with Gasteiger partial charge in [-0.15, -0.1) is 0 Å². The lowest BCUT2D eigenvalue weighted by Crippen LogP contribution is -2.23. The molecular weight excluding hydrogens is 274 g/mol. The van der Waals surface area contributed by atoms with Gasteiger partial charge in [0.25, 0.3) is 0 Å². The minimum absolute atomic E-state index is 0.235. The number of rotatable bonds is 17. The van der Waals surface area contributed by atoms with E-state index in [1.807, 2.05) is 0 Å². The summed E-state index contributed by atoms with van der Waals surface area (Å²) in [6.07, 6.45) is 17.8. The third kappa shape index (κ3) is 17.5. The highest BCUT2D eigenvalue weighted by Crippen LogP contribution is 2.11. The van der Waals surface area contributed by atoms with E-state index < -0.39 is 0 Å². The van der Waals surface area contributed by atoms with Crippen LogP contribution in [0.15, 0.2) is 0 Å². The van der Waals surface area contributed by atoms with Crippen LogP contribution >= 0.6 is 0 Å². The minimum Gasteiger partial charge on any atom is -0.396 e. The van der Waals surface area contributed by atoms with Crippen LogP contribution in [0.5, 0.6) is 0 Å². The lowest BCUT2D eigenvalue weighted by molar-refractivity contribution is -0.121. The molecule has 0 aromatic rings. The molecule has 0 saturated heterocycles. The lowest BCUT2D eigenvalue weighted by atomic mass is 10.1. The molecule has 0 aliphatic carbocycles. The van der Waals surface area contributed by atoms with Crippen molar-refractivity contribution < 1.29 is 9.90 Å². The maximum atomic E-state index is 11.6. The number of amides is 1. The van der Waals surface area contributed by atoms with Crippen LogP contribution in [0.3, 0.4) is 0 Å². The number of nitrogens with one attached hydrogen (secondary N) is 1. The van der Waals surface area contributed by atoms with Gasteiger partial charge in [-0.05, 0) is 19.3 Å². The lowest BCUT2D eigenvalue weighted by Gasteiger charge is -2.05. The molecule has 0 fully saturated rings. The summed E-state index contributed by atoms with van der Waals surface area (Å²) in [4.78, 5) is 11.6. The molecule has 0 unspecified atom stereocenters. The second kappa shape index (κ2) is 18.5. The van der Waals surface area contributed by atoms with Crippen LogP contribution in [0.4, 0.5) is 0 Å². The van der Waals surface area contributed by atoms with E-state index >= 15 is 0 Å². The van der Waals surface area contributed by atoms with E-state index in [1.54, 1.807) is 0 Å². The zero-order chi connectivity index (χ0) is 16.3. The van der Waals surface area contributed by atoms with Crippen molar-refractivity contribution in [3.05, 3.63) is 0 Å². The number of carbonyl (C=O) groups is 1. The van der Waals surface area contributed by atoms with Crippen molar-refractivity contribution in [1.82, 2.24) is 5.32 Å². The van der Waals surface area contributed by atoms with Gasteiger partial charge in [-0.1, -0.05) is 77.6 Å². The quantitative estimate of drug-likeness (QED) is 0.373. The normalized spacial score (nSPS) is 10.8. The maximum absolute atomic E-state index is 11.6. The van der Waals surface area contributed by atoms with Crippen molar-refractivity contribution in [2.45, 2.75) is 103 Å². The fraction of sp³-hybridized carbons (Fsp3) is 0.947. The van der Waals surface area contributed by atoms with Gasteiger partial charge in [0, 0.05) is 19.6 Å². The second-order valence-corrected chi connectivity index (χ2v) is 6.42. The molecule has 0 bridgehead atoms. The van der Waals surface area contributed by atoms with E-state index in [2.05, 4.69) is 12.2 Å². The van der Waals surface area contributed by atoms with E-state index in [0.29, 0.717) is 13.0 Å². The molecule has 3 nitrogen and oxygen atoms in total. The molecule has 0 aromatic carbocycles. The standard InChI is InChI=1S/C19H39NO2/c1-2-3-14-17-20-19(22)16-13-11-9-7-5-4-6-8-10-12-15-18-21/h21H,2-18H2,1H3,(H,20,22). The summed E-state index contributed by atoms with van der Waals surface area (Å²) in [5.74, 6) is 0.235. The Morgan fingerprint density at radius 1 is 0.727 bits per heavy atom. The molecule has 132 valence electrons. The topological polar surface area (TPSA) is 49.3 Å². The smallest absolute Gasteiger partial charge is 0.219 e. The molecule has 0 aliphatic rings. The van der Waals surface area contributed by atoms with Crippen LogP contribution in [0.2, 0.25) is 0 Å². The first-order valence-corrected chi connectivity index (χ1v) is 9.68. The fourth-order valence-electron chi connectivity index (χ4n) is 2.68. The van der Waals surface area contributed by atoms with Gasteiger partial charge in [-0.25, -0.2) is 0 Å². The Bertz CT molecular complexity index is 231. The molecule has 0 aliphatic heterocycles. The number of carbonyl (C=O) groups excluding carboxylic acids is 1. The van der Waals surface area contributed by atoms with Crippen molar-refractivity contribution in [2.24, 2.45) is 0 Å². The third-order valence-electron chi connectivity index (χ3n) is 4.16. The van der Waals surface area contributed by atoms with Crippen molar-refractivity contribution in [3.63, 3.8) is 0 Å². The molecule has 0 saturated carbocycles. The average molecular weight is 314 g/mol. The maximum Gasteiger partial charge on any atom is 0.219 e. The summed E-state index contributed by atoms with van der Waals surface area (Å²) in [5.41, 5.74) is 0. The molecule has 0 heterocycles. The van der Waals surface area contributed by atoms with E-state index in [9.17, 15) is 4.79 Å². The van der Waals surface area contributed by atoms with Gasteiger partial charge in [-0.2, -0.15) is 0 Å². The van der Waals surface area contributed by atoms with Crippen LogP contribution in [-0.4, -0.2) is 24.2 Å². The van der Waals surface area contributed by atoms with E-state index in [0.717, 1.165) is 25.8 Å². The van der Waals surface area contributed by atoms with Crippen LogP contribution < -0.4 is 5.32 Å². The predicted molar refractivity (Wildman–Crippen MR) is 95.0 cm³/mol. The van der Waals surface area contributed by atoms with Gasteiger partial charge >= 0.3 is 0 Å². The molecule has 3 heteroatoms. The molecular formula is C19H39NO2. The molecule has 0 aromatic heterocycles. The highest BCUT2D eigenvalue weighted by Gasteiger charge is 2.00. The number of aliphatic hydroxyl groups excluding tert-OH is 1. The van der Waals surface area contributed by atoms with Crippen LogP contribution in [0.25, 0.3) is 0 Å². The fourth-order valence-corrected chi connectivity index (χ4v) is 2.68. The Kier molecular flexibility index (Phi) is 18.0. The summed E-state index contributed by atoms with van der Waals surface area (Å²) in [6, 6.07) is 0. The van der Waals surface area contributed by atoms with E-state index in [4.69, 9.17) is 5.11 Å². The first-order chi connectivity index (χ1) is 10.8. The summed E-state index contributed by atoms with van der Waals surface area (Å²) >= 11 is 0. The Hall–Kier alpha value is -0.570. The highest BCUT2D eigenvalue weighted by atomic mass is 16.2.